The molecule has 3 aliphatic rings. The number of fused-ring (bicyclic) bond motifs is 4. The number of alkyl halides is 1. The summed E-state index contributed by atoms with van der Waals surface area (Å²) in [5, 5.41) is 2.82. The molecule has 2 atom stereocenters. The van der Waals surface area contributed by atoms with Crippen LogP contribution in [0, 0.1) is 0 Å². The Morgan fingerprint density at radius 1 is 1.26 bits per heavy atom. The first-order valence-electron chi connectivity index (χ1n) is 10.4. The van der Waals surface area contributed by atoms with Crippen molar-refractivity contribution in [2.24, 2.45) is 0 Å². The molecule has 2 fully saturated rings. The lowest BCUT2D eigenvalue weighted by molar-refractivity contribution is 0.0764. The van der Waals surface area contributed by atoms with Gasteiger partial charge >= 0.3 is 6.03 Å². The van der Waals surface area contributed by atoms with Crippen molar-refractivity contribution in [2.45, 2.75) is 24.6 Å². The standard InChI is InChI=1S/C22H23FN6O2/c1-2-22(23)9-12-28(14-22)20(30)16-6-7-17-19(25-16)29(15-8-11-27(17)13-15)21(31)26-18-5-3-4-10-24-18/h2-7,10,15H,1,8-9,11-14H2,(H,24,26,31)/t15-,22?/m0/s1. The quantitative estimate of drug-likeness (QED) is 0.770. The van der Waals surface area contributed by atoms with E-state index in [1.54, 1.807) is 35.4 Å². The number of aromatic nitrogens is 2. The maximum atomic E-state index is 14.5. The molecule has 2 bridgehead atoms. The van der Waals surface area contributed by atoms with Gasteiger partial charge in [0, 0.05) is 32.3 Å². The molecule has 1 N–H and O–H groups in total. The van der Waals surface area contributed by atoms with Crippen molar-refractivity contribution in [1.82, 2.24) is 14.9 Å². The highest BCUT2D eigenvalue weighted by Gasteiger charge is 2.42. The van der Waals surface area contributed by atoms with Crippen LogP contribution in [-0.4, -0.2) is 64.7 Å². The zero-order valence-electron chi connectivity index (χ0n) is 17.0. The van der Waals surface area contributed by atoms with Crippen molar-refractivity contribution in [3.05, 3.63) is 54.9 Å². The van der Waals surface area contributed by atoms with Crippen molar-refractivity contribution in [3.63, 3.8) is 0 Å². The maximum absolute atomic E-state index is 14.5. The maximum Gasteiger partial charge on any atom is 0.329 e. The van der Waals surface area contributed by atoms with Gasteiger partial charge in [0.25, 0.3) is 5.91 Å². The van der Waals surface area contributed by atoms with Crippen molar-refractivity contribution in [2.75, 3.05) is 41.3 Å². The van der Waals surface area contributed by atoms with Crippen LogP contribution in [-0.2, 0) is 0 Å². The van der Waals surface area contributed by atoms with E-state index >= 15 is 0 Å². The van der Waals surface area contributed by atoms with Crippen LogP contribution in [0.25, 0.3) is 0 Å². The number of nitrogens with zero attached hydrogens (tertiary/aromatic N) is 5. The van der Waals surface area contributed by atoms with Gasteiger partial charge in [0.1, 0.15) is 17.2 Å². The average Bonchev–Trinajstić information content (AvgIpc) is 3.39. The van der Waals surface area contributed by atoms with Gasteiger partial charge in [-0.25, -0.2) is 19.2 Å². The Bertz CT molecular complexity index is 1050. The molecular formula is C22H23FN6O2. The van der Waals surface area contributed by atoms with Crippen LogP contribution in [0.2, 0.25) is 0 Å². The minimum absolute atomic E-state index is 0.0350. The summed E-state index contributed by atoms with van der Waals surface area (Å²) in [5.74, 6) is 0.548. The zero-order chi connectivity index (χ0) is 21.6. The third-order valence-corrected chi connectivity index (χ3v) is 6.19. The molecule has 1 unspecified atom stereocenters. The van der Waals surface area contributed by atoms with Gasteiger partial charge in [0.05, 0.1) is 18.3 Å². The molecule has 0 aromatic carbocycles. The molecule has 2 saturated heterocycles. The lowest BCUT2D eigenvalue weighted by Crippen LogP contribution is -2.48. The smallest absolute Gasteiger partial charge is 0.329 e. The van der Waals surface area contributed by atoms with Crippen LogP contribution >= 0.6 is 0 Å². The van der Waals surface area contributed by atoms with E-state index in [0.717, 1.165) is 18.7 Å². The highest BCUT2D eigenvalue weighted by Crippen LogP contribution is 2.39. The van der Waals surface area contributed by atoms with Crippen LogP contribution in [0.1, 0.15) is 23.3 Å². The third-order valence-electron chi connectivity index (χ3n) is 6.19. The molecule has 0 saturated carbocycles. The molecule has 3 amide bonds. The van der Waals surface area contributed by atoms with Gasteiger partial charge in [-0.05, 0) is 30.7 Å². The Kier molecular flexibility index (Phi) is 4.60. The number of amides is 3. The van der Waals surface area contributed by atoms with Gasteiger partial charge < -0.3 is 9.80 Å². The second kappa shape index (κ2) is 7.33. The zero-order valence-corrected chi connectivity index (χ0v) is 17.0. The first-order chi connectivity index (χ1) is 15.0. The number of nitrogens with one attached hydrogen (secondary N) is 1. The van der Waals surface area contributed by atoms with E-state index in [9.17, 15) is 14.0 Å². The molecule has 5 heterocycles. The molecule has 3 aliphatic heterocycles. The third kappa shape index (κ3) is 3.39. The van der Waals surface area contributed by atoms with E-state index in [4.69, 9.17) is 0 Å². The Labute approximate surface area is 179 Å². The molecular weight excluding hydrogens is 399 g/mol. The minimum atomic E-state index is -1.57. The topological polar surface area (TPSA) is 81.7 Å². The molecule has 0 spiro atoms. The number of carbonyl (C=O) groups excluding carboxylic acids is 2. The Morgan fingerprint density at radius 2 is 2.13 bits per heavy atom. The van der Waals surface area contributed by atoms with Crippen LogP contribution in [0.3, 0.4) is 0 Å². The monoisotopic (exact) mass is 422 g/mol. The normalized spacial score (nSPS) is 24.2. The lowest BCUT2D eigenvalue weighted by Gasteiger charge is -2.35. The average molecular weight is 422 g/mol. The van der Waals surface area contributed by atoms with E-state index in [1.807, 2.05) is 6.07 Å². The number of urea groups is 1. The number of carbonyl (C=O) groups is 2. The summed E-state index contributed by atoms with van der Waals surface area (Å²) in [4.78, 5) is 40.1. The summed E-state index contributed by atoms with van der Waals surface area (Å²) < 4.78 is 14.5. The second-order valence-corrected chi connectivity index (χ2v) is 8.16. The fourth-order valence-electron chi connectivity index (χ4n) is 4.50. The summed E-state index contributed by atoms with van der Waals surface area (Å²) in [7, 11) is 0. The number of anilines is 3. The van der Waals surface area contributed by atoms with Gasteiger partial charge in [-0.2, -0.15) is 0 Å². The molecule has 31 heavy (non-hydrogen) atoms. The molecule has 0 aliphatic carbocycles. The predicted molar refractivity (Wildman–Crippen MR) is 115 cm³/mol. The number of rotatable bonds is 3. The molecule has 5 rings (SSSR count). The molecule has 160 valence electrons. The van der Waals surface area contributed by atoms with Crippen molar-refractivity contribution < 1.29 is 14.0 Å². The Morgan fingerprint density at radius 3 is 2.87 bits per heavy atom. The van der Waals surface area contributed by atoms with E-state index < -0.39 is 5.67 Å². The van der Waals surface area contributed by atoms with E-state index in [1.165, 1.54) is 11.0 Å². The Balaban J connectivity index is 1.45. The van der Waals surface area contributed by atoms with Crippen LogP contribution in [0.5, 0.6) is 0 Å². The summed E-state index contributed by atoms with van der Waals surface area (Å²) in [6, 6.07) is 8.39. The minimum Gasteiger partial charge on any atom is -0.366 e. The molecule has 8 nitrogen and oxygen atoms in total. The molecule has 0 radical (unpaired) electrons. The van der Waals surface area contributed by atoms with Gasteiger partial charge in [0.2, 0.25) is 0 Å². The highest BCUT2D eigenvalue weighted by molar-refractivity contribution is 6.05. The number of likely N-dealkylation sites (tertiary alicyclic amines) is 1. The molecule has 9 heteroatoms. The summed E-state index contributed by atoms with van der Waals surface area (Å²) in [6.45, 7) is 5.34. The SMILES string of the molecule is C=CC1(F)CCN(C(=O)c2ccc3c(n2)N(C(=O)Nc2ccccn2)[C@H]2CCN3C2)C1. The van der Waals surface area contributed by atoms with E-state index in [0.29, 0.717) is 24.7 Å². The first kappa shape index (κ1) is 19.5. The molecule has 2 aromatic heterocycles. The number of halogens is 1. The first-order valence-corrected chi connectivity index (χ1v) is 10.4. The van der Waals surface area contributed by atoms with E-state index in [-0.39, 0.29) is 36.6 Å². The van der Waals surface area contributed by atoms with Gasteiger partial charge in [-0.1, -0.05) is 18.7 Å². The largest absolute Gasteiger partial charge is 0.366 e. The second-order valence-electron chi connectivity index (χ2n) is 8.16. The van der Waals surface area contributed by atoms with Crippen molar-refractivity contribution >= 4 is 29.3 Å². The van der Waals surface area contributed by atoms with Crippen LogP contribution in [0.4, 0.5) is 26.5 Å². The Hall–Kier alpha value is -3.49. The summed E-state index contributed by atoms with van der Waals surface area (Å²) in [5.41, 5.74) is -0.553. The highest BCUT2D eigenvalue weighted by atomic mass is 19.1. The summed E-state index contributed by atoms with van der Waals surface area (Å²) in [6.07, 6.45) is 3.90. The summed E-state index contributed by atoms with van der Waals surface area (Å²) >= 11 is 0. The number of hydrogen-bond donors (Lipinski definition) is 1. The van der Waals surface area contributed by atoms with Crippen LogP contribution < -0.4 is 15.1 Å². The van der Waals surface area contributed by atoms with Gasteiger partial charge in [-0.15, -0.1) is 0 Å². The van der Waals surface area contributed by atoms with Gasteiger partial charge in [0.15, 0.2) is 5.82 Å². The van der Waals surface area contributed by atoms with Gasteiger partial charge in [-0.3, -0.25) is 15.0 Å². The van der Waals surface area contributed by atoms with Crippen molar-refractivity contribution in [1.29, 1.82) is 0 Å². The van der Waals surface area contributed by atoms with E-state index in [2.05, 4.69) is 26.8 Å². The fraction of sp³-hybridized carbons (Fsp3) is 0.364. The number of pyridine rings is 2. The lowest BCUT2D eigenvalue weighted by atomic mass is 10.1. The molecule has 2 aromatic rings. The number of hydrogen-bond acceptors (Lipinski definition) is 5. The predicted octanol–water partition coefficient (Wildman–Crippen LogP) is 2.85. The van der Waals surface area contributed by atoms with Crippen molar-refractivity contribution in [3.8, 4) is 0 Å². The fourth-order valence-corrected chi connectivity index (χ4v) is 4.50. The van der Waals surface area contributed by atoms with Crippen LogP contribution in [0.15, 0.2) is 49.2 Å².